The molecule has 1 aromatic heterocycles. The molecule has 0 fully saturated rings. The summed E-state index contributed by atoms with van der Waals surface area (Å²) in [5.74, 6) is 0.780. The highest BCUT2D eigenvalue weighted by Gasteiger charge is 2.11. The lowest BCUT2D eigenvalue weighted by Gasteiger charge is -2.06. The lowest BCUT2D eigenvalue weighted by molar-refractivity contribution is 0.112. The molecule has 4 aromatic rings. The maximum Gasteiger partial charge on any atom is 0.150 e. The number of hydrogen-bond acceptors (Lipinski definition) is 2. The molecule has 0 radical (unpaired) electrons. The van der Waals surface area contributed by atoms with Gasteiger partial charge in [-0.15, -0.1) is 0 Å². The van der Waals surface area contributed by atoms with E-state index in [0.717, 1.165) is 34.3 Å². The van der Waals surface area contributed by atoms with Crippen molar-refractivity contribution < 1.29 is 4.79 Å². The Bertz CT molecular complexity index is 1030. The Morgan fingerprint density at radius 3 is 2.50 bits per heavy atom. The molecule has 0 saturated carbocycles. The van der Waals surface area contributed by atoms with E-state index in [0.29, 0.717) is 5.56 Å². The number of benzene rings is 3. The number of rotatable bonds is 3. The van der Waals surface area contributed by atoms with Crippen molar-refractivity contribution in [2.75, 3.05) is 0 Å². The fourth-order valence-electron chi connectivity index (χ4n) is 3.04. The maximum atomic E-state index is 11.0. The van der Waals surface area contributed by atoms with Gasteiger partial charge in [0.15, 0.2) is 0 Å². The van der Waals surface area contributed by atoms with Gasteiger partial charge in [0.1, 0.15) is 12.1 Å². The first-order valence-corrected chi connectivity index (χ1v) is 7.86. The summed E-state index contributed by atoms with van der Waals surface area (Å²) >= 11 is 0. The number of carbonyl (C=O) groups excluding carboxylic acids is 1. The van der Waals surface area contributed by atoms with Gasteiger partial charge in [0.25, 0.3) is 0 Å². The molecule has 0 saturated heterocycles. The fourth-order valence-corrected chi connectivity index (χ4v) is 3.04. The molecule has 0 aliphatic carbocycles. The molecule has 0 atom stereocenters. The van der Waals surface area contributed by atoms with Crippen LogP contribution in [0.4, 0.5) is 0 Å². The number of aryl methyl sites for hydroxylation is 1. The van der Waals surface area contributed by atoms with E-state index >= 15 is 0 Å². The Kier molecular flexibility index (Phi) is 3.47. The second kappa shape index (κ2) is 5.78. The van der Waals surface area contributed by atoms with E-state index in [1.165, 1.54) is 11.1 Å². The first-order chi connectivity index (χ1) is 11.8. The molecule has 4 rings (SSSR count). The van der Waals surface area contributed by atoms with Gasteiger partial charge in [-0.3, -0.25) is 4.79 Å². The number of fused-ring (bicyclic) bond motifs is 1. The van der Waals surface area contributed by atoms with Crippen LogP contribution in [0.2, 0.25) is 0 Å². The Balaban J connectivity index is 1.87. The van der Waals surface area contributed by atoms with Crippen LogP contribution in [0.25, 0.3) is 33.5 Å². The van der Waals surface area contributed by atoms with Crippen molar-refractivity contribution in [2.24, 2.45) is 0 Å². The lowest BCUT2D eigenvalue weighted by Crippen LogP contribution is -1.85. The van der Waals surface area contributed by atoms with Gasteiger partial charge in [-0.25, -0.2) is 4.98 Å². The summed E-state index contributed by atoms with van der Waals surface area (Å²) in [6, 6.07) is 22.0. The topological polar surface area (TPSA) is 45.8 Å². The van der Waals surface area contributed by atoms with Gasteiger partial charge in [-0.05, 0) is 35.7 Å². The molecule has 0 unspecified atom stereocenters. The van der Waals surface area contributed by atoms with Crippen molar-refractivity contribution in [1.82, 2.24) is 9.97 Å². The average Bonchev–Trinajstić information content (AvgIpc) is 3.08. The smallest absolute Gasteiger partial charge is 0.150 e. The summed E-state index contributed by atoms with van der Waals surface area (Å²) in [6.45, 7) is 2.09. The highest BCUT2D eigenvalue weighted by atomic mass is 16.1. The normalized spacial score (nSPS) is 10.9. The number of hydrogen-bond donors (Lipinski definition) is 1. The first-order valence-electron chi connectivity index (χ1n) is 7.86. The van der Waals surface area contributed by atoms with E-state index in [-0.39, 0.29) is 0 Å². The van der Waals surface area contributed by atoms with Gasteiger partial charge >= 0.3 is 0 Å². The van der Waals surface area contributed by atoms with Gasteiger partial charge < -0.3 is 4.98 Å². The van der Waals surface area contributed by atoms with Gasteiger partial charge in [0, 0.05) is 11.1 Å². The van der Waals surface area contributed by atoms with Gasteiger partial charge in [0.2, 0.25) is 0 Å². The quantitative estimate of drug-likeness (QED) is 0.540. The molecule has 0 spiro atoms. The van der Waals surface area contributed by atoms with Crippen molar-refractivity contribution in [3.63, 3.8) is 0 Å². The fraction of sp³-hybridized carbons (Fsp3) is 0.0476. The van der Waals surface area contributed by atoms with E-state index < -0.39 is 0 Å². The zero-order valence-corrected chi connectivity index (χ0v) is 13.3. The Morgan fingerprint density at radius 1 is 0.917 bits per heavy atom. The van der Waals surface area contributed by atoms with Crippen molar-refractivity contribution in [1.29, 1.82) is 0 Å². The number of nitrogens with zero attached hydrogens (tertiary/aromatic N) is 1. The molecular formula is C21H16N2O. The number of aromatic amines is 1. The van der Waals surface area contributed by atoms with Crippen molar-refractivity contribution in [2.45, 2.75) is 6.92 Å². The summed E-state index contributed by atoms with van der Waals surface area (Å²) in [4.78, 5) is 19.1. The van der Waals surface area contributed by atoms with Crippen molar-refractivity contribution in [3.8, 4) is 22.5 Å². The molecule has 0 bridgehead atoms. The highest BCUT2D eigenvalue weighted by Crippen LogP contribution is 2.30. The molecule has 1 N–H and O–H groups in total. The number of aromatic nitrogens is 2. The number of nitrogens with one attached hydrogen (secondary N) is 1. The van der Waals surface area contributed by atoms with Crippen LogP contribution in [0.1, 0.15) is 15.9 Å². The molecule has 3 aromatic carbocycles. The van der Waals surface area contributed by atoms with Crippen LogP contribution in [0.15, 0.2) is 66.7 Å². The van der Waals surface area contributed by atoms with Crippen LogP contribution in [-0.2, 0) is 0 Å². The Morgan fingerprint density at radius 2 is 1.71 bits per heavy atom. The molecule has 0 aliphatic heterocycles. The minimum Gasteiger partial charge on any atom is -0.338 e. The minimum absolute atomic E-state index is 0.648. The number of aldehydes is 1. The van der Waals surface area contributed by atoms with Gasteiger partial charge in [-0.1, -0.05) is 54.6 Å². The molecule has 0 amide bonds. The largest absolute Gasteiger partial charge is 0.338 e. The number of H-pyrrole nitrogens is 1. The van der Waals surface area contributed by atoms with Crippen molar-refractivity contribution in [3.05, 3.63) is 77.9 Å². The highest BCUT2D eigenvalue weighted by molar-refractivity contribution is 5.89. The van der Waals surface area contributed by atoms with Crippen LogP contribution in [-0.4, -0.2) is 16.3 Å². The zero-order chi connectivity index (χ0) is 16.5. The maximum absolute atomic E-state index is 11.0. The lowest BCUT2D eigenvalue weighted by atomic mass is 9.99. The van der Waals surface area contributed by atoms with Crippen LogP contribution >= 0.6 is 0 Å². The third kappa shape index (κ3) is 2.40. The molecule has 3 heteroatoms. The minimum atomic E-state index is 0.648. The summed E-state index contributed by atoms with van der Waals surface area (Å²) in [6.07, 6.45) is 0.852. The zero-order valence-electron chi connectivity index (χ0n) is 13.3. The number of imidazole rings is 1. The predicted octanol–water partition coefficient (Wildman–Crippen LogP) is 5.02. The average molecular weight is 312 g/mol. The summed E-state index contributed by atoms with van der Waals surface area (Å²) in [5, 5.41) is 0. The summed E-state index contributed by atoms with van der Waals surface area (Å²) in [5.41, 5.74) is 7.03. The molecule has 24 heavy (non-hydrogen) atoms. The van der Waals surface area contributed by atoms with E-state index in [1.54, 1.807) is 6.07 Å². The van der Waals surface area contributed by atoms with E-state index in [2.05, 4.69) is 36.2 Å². The standard InChI is InChI=1S/C21H16N2O/c1-14-18(16-7-3-2-4-8-16)10-11-19-20(14)23-21(22-19)17-9-5-6-15(12-17)13-24/h2-13H,1H3,(H,22,23). The third-order valence-corrected chi connectivity index (χ3v) is 4.29. The predicted molar refractivity (Wildman–Crippen MR) is 97.1 cm³/mol. The molecular weight excluding hydrogens is 296 g/mol. The molecule has 0 aliphatic rings. The molecule has 1 heterocycles. The second-order valence-electron chi connectivity index (χ2n) is 5.83. The molecule has 3 nitrogen and oxygen atoms in total. The van der Waals surface area contributed by atoms with E-state index in [1.807, 2.05) is 36.4 Å². The summed E-state index contributed by atoms with van der Waals surface area (Å²) in [7, 11) is 0. The van der Waals surface area contributed by atoms with Gasteiger partial charge in [0.05, 0.1) is 11.0 Å². The monoisotopic (exact) mass is 312 g/mol. The Hall–Kier alpha value is -3.20. The van der Waals surface area contributed by atoms with Crippen LogP contribution in [0, 0.1) is 6.92 Å². The third-order valence-electron chi connectivity index (χ3n) is 4.29. The van der Waals surface area contributed by atoms with Gasteiger partial charge in [-0.2, -0.15) is 0 Å². The first kappa shape index (κ1) is 14.4. The Labute approximate surface area is 140 Å². The number of carbonyl (C=O) groups is 1. The van der Waals surface area contributed by atoms with Crippen molar-refractivity contribution >= 4 is 17.3 Å². The second-order valence-corrected chi connectivity index (χ2v) is 5.83. The summed E-state index contributed by atoms with van der Waals surface area (Å²) < 4.78 is 0. The van der Waals surface area contributed by atoms with Crippen LogP contribution < -0.4 is 0 Å². The molecule has 116 valence electrons. The van der Waals surface area contributed by atoms with Crippen LogP contribution in [0.3, 0.4) is 0 Å². The van der Waals surface area contributed by atoms with Crippen LogP contribution in [0.5, 0.6) is 0 Å². The van der Waals surface area contributed by atoms with E-state index in [9.17, 15) is 4.79 Å². The SMILES string of the molecule is Cc1c(-c2ccccc2)ccc2[nH]c(-c3cccc(C=O)c3)nc12. The van der Waals surface area contributed by atoms with E-state index in [4.69, 9.17) is 4.98 Å².